The Labute approximate surface area is 141 Å². The van der Waals surface area contributed by atoms with E-state index in [-0.39, 0.29) is 11.5 Å². The van der Waals surface area contributed by atoms with Crippen molar-refractivity contribution in [2.75, 3.05) is 5.32 Å². The Morgan fingerprint density at radius 3 is 2.83 bits per heavy atom. The van der Waals surface area contributed by atoms with Gasteiger partial charge >= 0.3 is 0 Å². The zero-order valence-electron chi connectivity index (χ0n) is 12.4. The van der Waals surface area contributed by atoms with Crippen molar-refractivity contribution in [2.45, 2.75) is 0 Å². The molecular weight excluding hydrogens is 325 g/mol. The predicted octanol–water partition coefficient (Wildman–Crippen LogP) is 4.68. The molecule has 0 unspecified atom stereocenters. The van der Waals surface area contributed by atoms with Crippen LogP contribution in [0.5, 0.6) is 0 Å². The average Bonchev–Trinajstić information content (AvgIpc) is 3.23. The first-order chi connectivity index (χ1) is 11.7. The van der Waals surface area contributed by atoms with Crippen molar-refractivity contribution in [1.82, 2.24) is 9.97 Å². The smallest absolute Gasteiger partial charge is 0.255 e. The summed E-state index contributed by atoms with van der Waals surface area (Å²) < 4.78 is 13.2. The second kappa shape index (κ2) is 5.90. The van der Waals surface area contributed by atoms with Gasteiger partial charge in [-0.2, -0.15) is 0 Å². The molecule has 0 aliphatic carbocycles. The Bertz CT molecular complexity index is 1020. The number of hydrogen-bond donors (Lipinski definition) is 2. The Morgan fingerprint density at radius 1 is 1.12 bits per heavy atom. The summed E-state index contributed by atoms with van der Waals surface area (Å²) in [5, 5.41) is 4.76. The monoisotopic (exact) mass is 337 g/mol. The van der Waals surface area contributed by atoms with Crippen molar-refractivity contribution in [3.05, 3.63) is 71.4 Å². The van der Waals surface area contributed by atoms with Gasteiger partial charge in [0.15, 0.2) is 0 Å². The number of anilines is 1. The molecule has 0 aliphatic rings. The highest BCUT2D eigenvalue weighted by atomic mass is 32.1. The van der Waals surface area contributed by atoms with Crippen molar-refractivity contribution >= 4 is 34.0 Å². The number of aromatic amines is 1. The first kappa shape index (κ1) is 14.6. The second-order valence-electron chi connectivity index (χ2n) is 5.26. The molecule has 2 N–H and O–H groups in total. The van der Waals surface area contributed by atoms with Crippen molar-refractivity contribution in [3.8, 4) is 10.7 Å². The van der Waals surface area contributed by atoms with E-state index in [1.807, 2.05) is 29.6 Å². The van der Waals surface area contributed by atoms with Gasteiger partial charge in [0.2, 0.25) is 0 Å². The van der Waals surface area contributed by atoms with Crippen LogP contribution in [0.15, 0.2) is 60.0 Å². The number of imidazole rings is 1. The lowest BCUT2D eigenvalue weighted by molar-refractivity contribution is 0.102. The molecular formula is C18H12FN3OS. The molecule has 0 saturated carbocycles. The summed E-state index contributed by atoms with van der Waals surface area (Å²) in [6.07, 6.45) is 0. The number of amides is 1. The minimum absolute atomic E-state index is 0.277. The van der Waals surface area contributed by atoms with E-state index in [4.69, 9.17) is 0 Å². The molecule has 2 aromatic heterocycles. The van der Waals surface area contributed by atoms with E-state index >= 15 is 0 Å². The number of H-pyrrole nitrogens is 1. The average molecular weight is 337 g/mol. The fourth-order valence-corrected chi connectivity index (χ4v) is 3.12. The SMILES string of the molecule is O=C(Nc1ccc2nc(-c3cccs3)[nH]c2c1)c1cccc(F)c1. The lowest BCUT2D eigenvalue weighted by Gasteiger charge is -2.05. The predicted molar refractivity (Wildman–Crippen MR) is 93.8 cm³/mol. The van der Waals surface area contributed by atoms with Gasteiger partial charge in [0, 0.05) is 11.3 Å². The van der Waals surface area contributed by atoms with E-state index in [9.17, 15) is 9.18 Å². The highest BCUT2D eigenvalue weighted by molar-refractivity contribution is 7.13. The van der Waals surface area contributed by atoms with Gasteiger partial charge in [0.1, 0.15) is 11.6 Å². The van der Waals surface area contributed by atoms with E-state index in [0.717, 1.165) is 21.7 Å². The molecule has 2 aromatic carbocycles. The van der Waals surface area contributed by atoms with Crippen LogP contribution in [0.3, 0.4) is 0 Å². The minimum Gasteiger partial charge on any atom is -0.337 e. The van der Waals surface area contributed by atoms with Gasteiger partial charge in [-0.05, 0) is 47.8 Å². The van der Waals surface area contributed by atoms with Gasteiger partial charge in [0.25, 0.3) is 5.91 Å². The molecule has 6 heteroatoms. The van der Waals surface area contributed by atoms with Crippen LogP contribution in [0.25, 0.3) is 21.7 Å². The molecule has 1 amide bonds. The third-order valence-electron chi connectivity index (χ3n) is 3.58. The van der Waals surface area contributed by atoms with E-state index in [1.165, 1.54) is 18.2 Å². The highest BCUT2D eigenvalue weighted by Gasteiger charge is 2.10. The molecule has 0 aliphatic heterocycles. The van der Waals surface area contributed by atoms with Crippen LogP contribution in [-0.2, 0) is 0 Å². The summed E-state index contributed by atoms with van der Waals surface area (Å²) in [5.41, 5.74) is 2.55. The number of nitrogens with one attached hydrogen (secondary N) is 2. The van der Waals surface area contributed by atoms with Crippen molar-refractivity contribution < 1.29 is 9.18 Å². The zero-order chi connectivity index (χ0) is 16.5. The molecule has 0 spiro atoms. The van der Waals surface area contributed by atoms with Crippen LogP contribution in [0.2, 0.25) is 0 Å². The van der Waals surface area contributed by atoms with Gasteiger partial charge in [0.05, 0.1) is 15.9 Å². The lowest BCUT2D eigenvalue weighted by atomic mass is 10.2. The van der Waals surface area contributed by atoms with Gasteiger partial charge in [-0.25, -0.2) is 9.37 Å². The summed E-state index contributed by atoms with van der Waals surface area (Å²) in [6.45, 7) is 0. The zero-order valence-corrected chi connectivity index (χ0v) is 13.2. The van der Waals surface area contributed by atoms with Crippen molar-refractivity contribution in [1.29, 1.82) is 0 Å². The Balaban J connectivity index is 1.62. The first-order valence-corrected chi connectivity index (χ1v) is 8.17. The van der Waals surface area contributed by atoms with Gasteiger partial charge in [-0.3, -0.25) is 4.79 Å². The molecule has 118 valence electrons. The van der Waals surface area contributed by atoms with Gasteiger partial charge < -0.3 is 10.3 Å². The normalized spacial score (nSPS) is 10.9. The topological polar surface area (TPSA) is 57.8 Å². The maximum Gasteiger partial charge on any atom is 0.255 e. The molecule has 4 nitrogen and oxygen atoms in total. The third kappa shape index (κ3) is 2.79. The number of fused-ring (bicyclic) bond motifs is 1. The molecule has 0 atom stereocenters. The Hall–Kier alpha value is -2.99. The quantitative estimate of drug-likeness (QED) is 0.570. The largest absolute Gasteiger partial charge is 0.337 e. The Morgan fingerprint density at radius 2 is 2.04 bits per heavy atom. The number of benzene rings is 2. The summed E-state index contributed by atoms with van der Waals surface area (Å²) in [4.78, 5) is 21.0. The van der Waals surface area contributed by atoms with Crippen LogP contribution in [0.1, 0.15) is 10.4 Å². The molecule has 0 saturated heterocycles. The number of carbonyl (C=O) groups excluding carboxylic acids is 1. The maximum absolute atomic E-state index is 13.2. The molecule has 0 bridgehead atoms. The van der Waals surface area contributed by atoms with Crippen LogP contribution in [0.4, 0.5) is 10.1 Å². The third-order valence-corrected chi connectivity index (χ3v) is 4.46. The number of nitrogens with zero attached hydrogens (tertiary/aromatic N) is 1. The lowest BCUT2D eigenvalue weighted by Crippen LogP contribution is -2.11. The molecule has 24 heavy (non-hydrogen) atoms. The van der Waals surface area contributed by atoms with Crippen molar-refractivity contribution in [3.63, 3.8) is 0 Å². The molecule has 0 fully saturated rings. The fourth-order valence-electron chi connectivity index (χ4n) is 2.45. The summed E-state index contributed by atoms with van der Waals surface area (Å²) in [6, 6.07) is 15.0. The summed E-state index contributed by atoms with van der Waals surface area (Å²) in [5.74, 6) is 0.00714. The highest BCUT2D eigenvalue weighted by Crippen LogP contribution is 2.26. The molecule has 4 aromatic rings. The molecule has 4 rings (SSSR count). The number of carbonyl (C=O) groups is 1. The summed E-state index contributed by atoms with van der Waals surface area (Å²) >= 11 is 1.61. The number of rotatable bonds is 3. The number of halogens is 1. The maximum atomic E-state index is 13.2. The second-order valence-corrected chi connectivity index (χ2v) is 6.21. The van der Waals surface area contributed by atoms with Crippen LogP contribution in [0, 0.1) is 5.82 Å². The number of hydrogen-bond acceptors (Lipinski definition) is 3. The summed E-state index contributed by atoms with van der Waals surface area (Å²) in [7, 11) is 0. The van der Waals surface area contributed by atoms with E-state index in [2.05, 4.69) is 15.3 Å². The Kier molecular flexibility index (Phi) is 3.59. The van der Waals surface area contributed by atoms with Crippen LogP contribution in [-0.4, -0.2) is 15.9 Å². The van der Waals surface area contributed by atoms with Crippen LogP contribution >= 0.6 is 11.3 Å². The standard InChI is InChI=1S/C18H12FN3OS/c19-12-4-1-3-11(9-12)18(23)20-13-6-7-14-15(10-13)22-17(21-14)16-5-2-8-24-16/h1-10H,(H,20,23)(H,21,22). The fraction of sp³-hybridized carbons (Fsp3) is 0. The van der Waals surface area contributed by atoms with E-state index < -0.39 is 5.82 Å². The number of aromatic nitrogens is 2. The van der Waals surface area contributed by atoms with Gasteiger partial charge in [-0.15, -0.1) is 11.3 Å². The first-order valence-electron chi connectivity index (χ1n) is 7.29. The molecule has 0 radical (unpaired) electrons. The molecule has 2 heterocycles. The van der Waals surface area contributed by atoms with E-state index in [0.29, 0.717) is 5.69 Å². The van der Waals surface area contributed by atoms with Crippen molar-refractivity contribution in [2.24, 2.45) is 0 Å². The van der Waals surface area contributed by atoms with E-state index in [1.54, 1.807) is 23.5 Å². The van der Waals surface area contributed by atoms with Crippen LogP contribution < -0.4 is 5.32 Å². The minimum atomic E-state index is -0.438. The van der Waals surface area contributed by atoms with Gasteiger partial charge in [-0.1, -0.05) is 12.1 Å². The number of thiophene rings is 1.